The van der Waals surface area contributed by atoms with E-state index >= 15 is 0 Å². The maximum absolute atomic E-state index is 12.7. The largest absolute Gasteiger partial charge is 0.508 e. The summed E-state index contributed by atoms with van der Waals surface area (Å²) in [6.07, 6.45) is 9.03. The lowest BCUT2D eigenvalue weighted by molar-refractivity contribution is -0.167. The third-order valence-electron chi connectivity index (χ3n) is 3.82. The molecule has 1 fully saturated rings. The molecule has 2 rings (SSSR count). The van der Waals surface area contributed by atoms with Gasteiger partial charge in [-0.25, -0.2) is 4.79 Å². The third-order valence-corrected chi connectivity index (χ3v) is 3.82. The van der Waals surface area contributed by atoms with Gasteiger partial charge in [0.1, 0.15) is 16.9 Å². The molecule has 4 nitrogen and oxygen atoms in total. The Kier molecular flexibility index (Phi) is 4.23. The zero-order valence-electron chi connectivity index (χ0n) is 12.7. The van der Waals surface area contributed by atoms with Gasteiger partial charge in [-0.05, 0) is 64.9 Å². The van der Waals surface area contributed by atoms with E-state index in [1.165, 1.54) is 6.42 Å². The number of hydrogen-bond acceptors (Lipinski definition) is 4. The molecule has 0 aromatic heterocycles. The maximum atomic E-state index is 12.7. The van der Waals surface area contributed by atoms with Crippen molar-refractivity contribution in [3.05, 3.63) is 24.0 Å². The van der Waals surface area contributed by atoms with Crippen molar-refractivity contribution in [1.29, 1.82) is 0 Å². The standard InChI is InChI=1S/C16H25NO3/c1-15(2,3)20-14(19)16(9-7-13(18)8-10-16)17-11-5-4-6-12-17/h7-9,18H,4-6,10-12H2,1-3H3/t16-/m0/s1. The van der Waals surface area contributed by atoms with Crippen LogP contribution < -0.4 is 0 Å². The van der Waals surface area contributed by atoms with Crippen molar-refractivity contribution in [3.8, 4) is 0 Å². The second-order valence-corrected chi connectivity index (χ2v) is 6.64. The number of likely N-dealkylation sites (tertiary alicyclic amines) is 1. The van der Waals surface area contributed by atoms with E-state index in [0.717, 1.165) is 25.9 Å². The van der Waals surface area contributed by atoms with Gasteiger partial charge < -0.3 is 9.84 Å². The van der Waals surface area contributed by atoms with Crippen LogP contribution in [0.15, 0.2) is 24.0 Å². The SMILES string of the molecule is CC(C)(C)OC(=O)[C@]1(N2CCCCC2)C=CC(O)=CC1. The Hall–Kier alpha value is -1.29. The molecule has 1 atom stereocenters. The predicted octanol–water partition coefficient (Wildman–Crippen LogP) is 2.95. The van der Waals surface area contributed by atoms with E-state index in [-0.39, 0.29) is 11.7 Å². The number of aliphatic hydroxyl groups excluding tert-OH is 1. The lowest BCUT2D eigenvalue weighted by atomic mass is 9.86. The van der Waals surface area contributed by atoms with Crippen LogP contribution in [0.1, 0.15) is 46.5 Å². The van der Waals surface area contributed by atoms with Gasteiger partial charge in [0.2, 0.25) is 0 Å². The second-order valence-electron chi connectivity index (χ2n) is 6.64. The highest BCUT2D eigenvalue weighted by atomic mass is 16.6. The minimum Gasteiger partial charge on any atom is -0.508 e. The van der Waals surface area contributed by atoms with Crippen LogP contribution in [0, 0.1) is 0 Å². The molecule has 0 amide bonds. The molecule has 1 N–H and O–H groups in total. The lowest BCUT2D eigenvalue weighted by Gasteiger charge is -2.43. The van der Waals surface area contributed by atoms with E-state index in [2.05, 4.69) is 4.90 Å². The molecule has 1 heterocycles. The average Bonchev–Trinajstić information content (AvgIpc) is 2.39. The van der Waals surface area contributed by atoms with Crippen LogP contribution in [-0.4, -0.2) is 40.2 Å². The number of piperidine rings is 1. The summed E-state index contributed by atoms with van der Waals surface area (Å²) in [5, 5.41) is 9.56. The first kappa shape index (κ1) is 15.1. The number of allylic oxidation sites excluding steroid dienone is 1. The molecule has 0 radical (unpaired) electrons. The van der Waals surface area contributed by atoms with Crippen LogP contribution in [0.25, 0.3) is 0 Å². The number of ether oxygens (including phenoxy) is 1. The van der Waals surface area contributed by atoms with Crippen molar-refractivity contribution < 1.29 is 14.6 Å². The zero-order chi connectivity index (χ0) is 14.8. The molecule has 112 valence electrons. The molecule has 0 aromatic carbocycles. The maximum Gasteiger partial charge on any atom is 0.331 e. The fraction of sp³-hybridized carbons (Fsp3) is 0.688. The van der Waals surface area contributed by atoms with Gasteiger partial charge in [-0.15, -0.1) is 0 Å². The number of rotatable bonds is 2. The summed E-state index contributed by atoms with van der Waals surface area (Å²) < 4.78 is 5.63. The van der Waals surface area contributed by atoms with Gasteiger partial charge >= 0.3 is 5.97 Å². The van der Waals surface area contributed by atoms with Gasteiger partial charge in [-0.2, -0.15) is 0 Å². The van der Waals surface area contributed by atoms with E-state index in [1.54, 1.807) is 12.2 Å². The number of carbonyl (C=O) groups excluding carboxylic acids is 1. The second kappa shape index (κ2) is 5.60. The van der Waals surface area contributed by atoms with E-state index in [4.69, 9.17) is 4.74 Å². The molecule has 0 unspecified atom stereocenters. The first-order chi connectivity index (χ1) is 9.33. The average molecular weight is 279 g/mol. The summed E-state index contributed by atoms with van der Waals surface area (Å²) in [4.78, 5) is 14.9. The van der Waals surface area contributed by atoms with Crippen LogP contribution in [0.2, 0.25) is 0 Å². The Bertz CT molecular complexity index is 427. The summed E-state index contributed by atoms with van der Waals surface area (Å²) in [5.74, 6) is 0.00749. The van der Waals surface area contributed by atoms with Crippen molar-refractivity contribution in [2.45, 2.75) is 57.6 Å². The van der Waals surface area contributed by atoms with E-state index in [1.807, 2.05) is 26.8 Å². The van der Waals surface area contributed by atoms with E-state index < -0.39 is 11.1 Å². The van der Waals surface area contributed by atoms with Crippen molar-refractivity contribution >= 4 is 5.97 Å². The van der Waals surface area contributed by atoms with Crippen molar-refractivity contribution in [1.82, 2.24) is 4.90 Å². The Morgan fingerprint density at radius 2 is 1.95 bits per heavy atom. The predicted molar refractivity (Wildman–Crippen MR) is 78.5 cm³/mol. The van der Waals surface area contributed by atoms with Gasteiger partial charge in [0, 0.05) is 6.42 Å². The molecule has 0 aromatic rings. The minimum absolute atomic E-state index is 0.216. The molecule has 0 spiro atoms. The molecule has 2 aliphatic rings. The molecule has 1 aliphatic heterocycles. The molecular weight excluding hydrogens is 254 g/mol. The molecule has 0 saturated carbocycles. The number of aliphatic hydroxyl groups is 1. The number of carbonyl (C=O) groups is 1. The third kappa shape index (κ3) is 3.23. The van der Waals surface area contributed by atoms with Crippen molar-refractivity contribution in [2.24, 2.45) is 0 Å². The van der Waals surface area contributed by atoms with Gasteiger partial charge in [-0.3, -0.25) is 4.90 Å². The summed E-state index contributed by atoms with van der Waals surface area (Å²) >= 11 is 0. The highest BCUT2D eigenvalue weighted by Gasteiger charge is 2.45. The zero-order valence-corrected chi connectivity index (χ0v) is 12.7. The molecule has 1 saturated heterocycles. The summed E-state index contributed by atoms with van der Waals surface area (Å²) in [6, 6.07) is 0. The van der Waals surface area contributed by atoms with Gasteiger partial charge in [0.15, 0.2) is 0 Å². The molecule has 1 aliphatic carbocycles. The minimum atomic E-state index is -0.750. The highest BCUT2D eigenvalue weighted by molar-refractivity contribution is 5.84. The van der Waals surface area contributed by atoms with Crippen molar-refractivity contribution in [3.63, 3.8) is 0 Å². The van der Waals surface area contributed by atoms with Gasteiger partial charge in [-0.1, -0.05) is 6.42 Å². The number of nitrogens with zero attached hydrogens (tertiary/aromatic N) is 1. The van der Waals surface area contributed by atoms with Crippen LogP contribution in [0.5, 0.6) is 0 Å². The normalized spacial score (nSPS) is 28.1. The number of hydrogen-bond donors (Lipinski definition) is 1. The Labute approximate surface area is 121 Å². The van der Waals surface area contributed by atoms with Gasteiger partial charge in [0.05, 0.1) is 0 Å². The summed E-state index contributed by atoms with van der Waals surface area (Å²) in [7, 11) is 0. The molecule has 20 heavy (non-hydrogen) atoms. The Morgan fingerprint density at radius 3 is 2.45 bits per heavy atom. The van der Waals surface area contributed by atoms with E-state index in [9.17, 15) is 9.90 Å². The summed E-state index contributed by atoms with van der Waals surface area (Å²) in [5.41, 5.74) is -1.25. The molecular formula is C16H25NO3. The van der Waals surface area contributed by atoms with Gasteiger partial charge in [0.25, 0.3) is 0 Å². The fourth-order valence-corrected chi connectivity index (χ4v) is 2.79. The lowest BCUT2D eigenvalue weighted by Crippen LogP contribution is -2.57. The van der Waals surface area contributed by atoms with Crippen LogP contribution in [-0.2, 0) is 9.53 Å². The smallest absolute Gasteiger partial charge is 0.331 e. The fourth-order valence-electron chi connectivity index (χ4n) is 2.79. The van der Waals surface area contributed by atoms with Crippen LogP contribution in [0.3, 0.4) is 0 Å². The first-order valence-corrected chi connectivity index (χ1v) is 7.40. The summed E-state index contributed by atoms with van der Waals surface area (Å²) in [6.45, 7) is 7.45. The van der Waals surface area contributed by atoms with Crippen LogP contribution in [0.4, 0.5) is 0 Å². The highest BCUT2D eigenvalue weighted by Crippen LogP contribution is 2.32. The van der Waals surface area contributed by atoms with Crippen molar-refractivity contribution in [2.75, 3.05) is 13.1 Å². The molecule has 4 heteroatoms. The topological polar surface area (TPSA) is 49.8 Å². The quantitative estimate of drug-likeness (QED) is 0.790. The van der Waals surface area contributed by atoms with Crippen LogP contribution >= 0.6 is 0 Å². The molecule has 0 bridgehead atoms. The Balaban J connectivity index is 2.25. The monoisotopic (exact) mass is 279 g/mol. The van der Waals surface area contributed by atoms with E-state index in [0.29, 0.717) is 6.42 Å². The first-order valence-electron chi connectivity index (χ1n) is 7.40. The Morgan fingerprint density at radius 1 is 1.30 bits per heavy atom. The number of esters is 1.